The van der Waals surface area contributed by atoms with Crippen molar-refractivity contribution in [3.05, 3.63) is 34.4 Å². The van der Waals surface area contributed by atoms with Crippen molar-refractivity contribution in [2.24, 2.45) is 11.8 Å². The second-order valence-electron chi connectivity index (χ2n) is 8.82. The van der Waals surface area contributed by atoms with Gasteiger partial charge in [0, 0.05) is 0 Å². The van der Waals surface area contributed by atoms with Gasteiger partial charge in [0.1, 0.15) is 0 Å². The van der Waals surface area contributed by atoms with Crippen LogP contribution in [0.15, 0.2) is 24.3 Å². The van der Waals surface area contributed by atoms with Crippen LogP contribution >= 0.6 is 0 Å². The summed E-state index contributed by atoms with van der Waals surface area (Å²) < 4.78 is 12.8. The van der Waals surface area contributed by atoms with Crippen LogP contribution < -0.4 is 4.46 Å². The van der Waals surface area contributed by atoms with Crippen molar-refractivity contribution in [3.8, 4) is 0 Å². The van der Waals surface area contributed by atoms with Crippen molar-refractivity contribution in [2.75, 3.05) is 13.2 Å². The van der Waals surface area contributed by atoms with Crippen LogP contribution in [0.5, 0.6) is 0 Å². The van der Waals surface area contributed by atoms with Gasteiger partial charge in [-0.2, -0.15) is 0 Å². The summed E-state index contributed by atoms with van der Waals surface area (Å²) in [5.41, 5.74) is 0.153. The fraction of sp³-hybridized carbons (Fsp3) is 0.700. The van der Waals surface area contributed by atoms with E-state index >= 15 is 0 Å². The van der Waals surface area contributed by atoms with Crippen molar-refractivity contribution in [1.82, 2.24) is 0 Å². The molecular formula is C20H35NO4SeSi. The SMILES string of the molecule is CC(C)[C@H](CCO[Se]c1ccccc1[N+](=O)[O-])CCO[Si](C)(C)C(C)(C)C. The summed E-state index contributed by atoms with van der Waals surface area (Å²) in [5, 5.41) is 11.3. The molecular weight excluding hydrogens is 425 g/mol. The van der Waals surface area contributed by atoms with E-state index in [0.29, 0.717) is 22.9 Å². The Morgan fingerprint density at radius 1 is 1.15 bits per heavy atom. The molecule has 1 rings (SSSR count). The first-order valence-electron chi connectivity index (χ1n) is 9.62. The molecule has 0 amide bonds. The first-order valence-corrected chi connectivity index (χ1v) is 14.1. The van der Waals surface area contributed by atoms with E-state index in [0.717, 1.165) is 19.4 Å². The van der Waals surface area contributed by atoms with E-state index in [1.54, 1.807) is 12.1 Å². The Labute approximate surface area is 172 Å². The molecule has 0 aromatic heterocycles. The second kappa shape index (κ2) is 10.7. The fourth-order valence-corrected chi connectivity index (χ4v) is 4.94. The number of benzene rings is 1. The van der Waals surface area contributed by atoms with Crippen molar-refractivity contribution in [1.29, 1.82) is 0 Å². The molecule has 0 aliphatic carbocycles. The summed E-state index contributed by atoms with van der Waals surface area (Å²) in [6.07, 6.45) is 1.99. The monoisotopic (exact) mass is 461 g/mol. The van der Waals surface area contributed by atoms with Crippen molar-refractivity contribution < 1.29 is 13.2 Å². The molecule has 0 aliphatic rings. The zero-order valence-corrected chi connectivity index (χ0v) is 20.5. The Morgan fingerprint density at radius 3 is 2.30 bits per heavy atom. The van der Waals surface area contributed by atoms with Gasteiger partial charge in [0.15, 0.2) is 0 Å². The van der Waals surface area contributed by atoms with Crippen LogP contribution in [0.2, 0.25) is 18.1 Å². The number of hydrogen-bond acceptors (Lipinski definition) is 4. The van der Waals surface area contributed by atoms with Gasteiger partial charge in [-0.25, -0.2) is 0 Å². The van der Waals surface area contributed by atoms with Crippen molar-refractivity contribution >= 4 is 33.8 Å². The molecule has 0 bridgehead atoms. The molecule has 5 nitrogen and oxygen atoms in total. The van der Waals surface area contributed by atoms with Gasteiger partial charge in [-0.05, 0) is 0 Å². The Hall–Kier alpha value is -0.724. The van der Waals surface area contributed by atoms with Crippen LogP contribution in [0.3, 0.4) is 0 Å². The maximum absolute atomic E-state index is 11.1. The Kier molecular flexibility index (Phi) is 9.65. The third kappa shape index (κ3) is 8.04. The maximum atomic E-state index is 11.1. The first kappa shape index (κ1) is 24.3. The molecule has 0 unspecified atom stereocenters. The molecule has 0 radical (unpaired) electrons. The number of rotatable bonds is 11. The number of nitro groups is 1. The summed E-state index contributed by atoms with van der Waals surface area (Å²) in [7, 11) is -1.70. The summed E-state index contributed by atoms with van der Waals surface area (Å²) >= 11 is -0.331. The number of para-hydroxylation sites is 1. The molecule has 154 valence electrons. The Bertz CT molecular complexity index is 602. The molecule has 0 heterocycles. The Balaban J connectivity index is 2.45. The van der Waals surface area contributed by atoms with E-state index in [-0.39, 0.29) is 30.9 Å². The average molecular weight is 461 g/mol. The molecule has 0 aliphatic heterocycles. The first-order chi connectivity index (χ1) is 12.5. The molecule has 27 heavy (non-hydrogen) atoms. The van der Waals surface area contributed by atoms with E-state index in [4.69, 9.17) is 8.25 Å². The predicted octanol–water partition coefficient (Wildman–Crippen LogP) is 4.93. The summed E-state index contributed by atoms with van der Waals surface area (Å²) in [5.74, 6) is 1.10. The van der Waals surface area contributed by atoms with Crippen LogP contribution in [0.4, 0.5) is 5.69 Å². The molecule has 0 spiro atoms. The fourth-order valence-electron chi connectivity index (χ4n) is 2.48. The number of hydrogen-bond donors (Lipinski definition) is 0. The number of nitro benzene ring substituents is 1. The molecule has 7 heteroatoms. The average Bonchev–Trinajstić information content (AvgIpc) is 2.55. The predicted molar refractivity (Wildman–Crippen MR) is 115 cm³/mol. The quantitative estimate of drug-likeness (QED) is 0.203. The van der Waals surface area contributed by atoms with Gasteiger partial charge < -0.3 is 0 Å². The van der Waals surface area contributed by atoms with E-state index in [9.17, 15) is 10.1 Å². The Morgan fingerprint density at radius 2 is 1.74 bits per heavy atom. The van der Waals surface area contributed by atoms with Gasteiger partial charge in [0.25, 0.3) is 0 Å². The van der Waals surface area contributed by atoms with Crippen LogP contribution in [-0.2, 0) is 8.25 Å². The summed E-state index contributed by atoms with van der Waals surface area (Å²) in [4.78, 5) is 10.7. The normalized spacial score (nSPS) is 13.8. The molecule has 1 aromatic carbocycles. The van der Waals surface area contributed by atoms with Gasteiger partial charge in [-0.1, -0.05) is 0 Å². The van der Waals surface area contributed by atoms with Crippen LogP contribution in [0.1, 0.15) is 47.5 Å². The molecule has 1 atom stereocenters. The standard InChI is InChI=1S/C20H35NO4SeSi/c1-16(2)17(13-15-25-27(6,7)20(3,4)5)12-14-24-26-19-11-9-8-10-18(19)21(22)23/h8-11,16-17H,12-15H2,1-7H3/t17-/m1/s1. The summed E-state index contributed by atoms with van der Waals surface area (Å²) in [6.45, 7) is 17.3. The molecule has 0 fully saturated rings. The van der Waals surface area contributed by atoms with E-state index in [1.165, 1.54) is 6.07 Å². The summed E-state index contributed by atoms with van der Waals surface area (Å²) in [6, 6.07) is 6.83. The third-order valence-corrected chi connectivity index (χ3v) is 11.7. The second-order valence-corrected chi connectivity index (χ2v) is 15.4. The van der Waals surface area contributed by atoms with E-state index in [1.807, 2.05) is 6.07 Å². The van der Waals surface area contributed by atoms with Crippen molar-refractivity contribution in [2.45, 2.75) is 65.6 Å². The van der Waals surface area contributed by atoms with Crippen LogP contribution in [-0.4, -0.2) is 41.7 Å². The van der Waals surface area contributed by atoms with Crippen molar-refractivity contribution in [3.63, 3.8) is 0 Å². The molecule has 0 saturated heterocycles. The van der Waals surface area contributed by atoms with Crippen LogP contribution in [0.25, 0.3) is 0 Å². The van der Waals surface area contributed by atoms with Gasteiger partial charge in [-0.3, -0.25) is 0 Å². The van der Waals surface area contributed by atoms with Crippen LogP contribution in [0, 0.1) is 22.0 Å². The van der Waals surface area contributed by atoms with E-state index in [2.05, 4.69) is 47.7 Å². The third-order valence-electron chi connectivity index (χ3n) is 5.48. The minimum atomic E-state index is -1.70. The molecule has 0 N–H and O–H groups in total. The zero-order chi connectivity index (χ0) is 20.7. The van der Waals surface area contributed by atoms with Gasteiger partial charge in [0.2, 0.25) is 0 Å². The number of nitrogens with zero attached hydrogens (tertiary/aromatic N) is 1. The topological polar surface area (TPSA) is 61.6 Å². The van der Waals surface area contributed by atoms with Gasteiger partial charge in [-0.15, -0.1) is 0 Å². The molecule has 0 saturated carbocycles. The molecule has 1 aromatic rings. The van der Waals surface area contributed by atoms with Gasteiger partial charge in [0.05, 0.1) is 0 Å². The van der Waals surface area contributed by atoms with Gasteiger partial charge >= 0.3 is 172 Å². The van der Waals surface area contributed by atoms with E-state index < -0.39 is 8.32 Å². The zero-order valence-electron chi connectivity index (χ0n) is 17.8. The minimum absolute atomic E-state index is 0.153.